The van der Waals surface area contributed by atoms with Gasteiger partial charge in [0.1, 0.15) is 0 Å². The van der Waals surface area contributed by atoms with Crippen LogP contribution < -0.4 is 14.8 Å². The summed E-state index contributed by atoms with van der Waals surface area (Å²) in [6.07, 6.45) is 0.952. The lowest BCUT2D eigenvalue weighted by Gasteiger charge is -2.20. The lowest BCUT2D eigenvalue weighted by atomic mass is 9.98. The first-order valence-corrected chi connectivity index (χ1v) is 10.2. The molecule has 3 rings (SSSR count). The van der Waals surface area contributed by atoms with Gasteiger partial charge in [0.05, 0.1) is 20.3 Å². The average Bonchev–Trinajstić information content (AvgIpc) is 2.77. The average molecular weight is 454 g/mol. The van der Waals surface area contributed by atoms with Crippen LogP contribution >= 0.6 is 15.9 Å². The zero-order valence-corrected chi connectivity index (χ0v) is 18.1. The van der Waals surface area contributed by atoms with Gasteiger partial charge in [-0.2, -0.15) is 0 Å². The SMILES string of the molecule is COc1cc(Br)c(CCC(=O)NC(c2ccccc2)c2ccccc2)cc1OC. The van der Waals surface area contributed by atoms with Crippen molar-refractivity contribution in [2.75, 3.05) is 14.2 Å². The zero-order valence-electron chi connectivity index (χ0n) is 16.5. The number of nitrogens with one attached hydrogen (secondary N) is 1. The third kappa shape index (κ3) is 5.39. The molecular weight excluding hydrogens is 430 g/mol. The highest BCUT2D eigenvalue weighted by Crippen LogP contribution is 2.34. The van der Waals surface area contributed by atoms with Crippen molar-refractivity contribution in [3.63, 3.8) is 0 Å². The minimum Gasteiger partial charge on any atom is -0.493 e. The van der Waals surface area contributed by atoms with Gasteiger partial charge in [-0.15, -0.1) is 0 Å². The van der Waals surface area contributed by atoms with E-state index in [1.807, 2.05) is 72.8 Å². The molecule has 5 heteroatoms. The first-order chi connectivity index (χ1) is 14.1. The number of aryl methyl sites for hydroxylation is 1. The van der Waals surface area contributed by atoms with Gasteiger partial charge in [-0.05, 0) is 35.2 Å². The zero-order chi connectivity index (χ0) is 20.6. The summed E-state index contributed by atoms with van der Waals surface area (Å²) >= 11 is 3.56. The fourth-order valence-corrected chi connectivity index (χ4v) is 3.74. The Hall–Kier alpha value is -2.79. The van der Waals surface area contributed by atoms with Crippen molar-refractivity contribution >= 4 is 21.8 Å². The van der Waals surface area contributed by atoms with E-state index in [-0.39, 0.29) is 11.9 Å². The second-order valence-electron chi connectivity index (χ2n) is 6.62. The van der Waals surface area contributed by atoms with E-state index in [1.54, 1.807) is 14.2 Å². The molecule has 0 saturated heterocycles. The van der Waals surface area contributed by atoms with Crippen LogP contribution in [0.5, 0.6) is 11.5 Å². The lowest BCUT2D eigenvalue weighted by molar-refractivity contribution is -0.121. The molecule has 0 aromatic heterocycles. The summed E-state index contributed by atoms with van der Waals surface area (Å²) in [7, 11) is 3.21. The molecule has 29 heavy (non-hydrogen) atoms. The van der Waals surface area contributed by atoms with Crippen molar-refractivity contribution in [1.82, 2.24) is 5.32 Å². The number of ether oxygens (including phenoxy) is 2. The summed E-state index contributed by atoms with van der Waals surface area (Å²) in [6, 6.07) is 23.6. The highest BCUT2D eigenvalue weighted by Gasteiger charge is 2.17. The fraction of sp³-hybridized carbons (Fsp3) is 0.208. The molecule has 1 amide bonds. The van der Waals surface area contributed by atoms with Crippen LogP contribution in [0.25, 0.3) is 0 Å². The van der Waals surface area contributed by atoms with Crippen LogP contribution in [-0.4, -0.2) is 20.1 Å². The van der Waals surface area contributed by atoms with Gasteiger partial charge >= 0.3 is 0 Å². The van der Waals surface area contributed by atoms with Gasteiger partial charge in [0.2, 0.25) is 5.91 Å². The molecule has 0 aliphatic heterocycles. The largest absolute Gasteiger partial charge is 0.493 e. The van der Waals surface area contributed by atoms with E-state index in [2.05, 4.69) is 21.2 Å². The Morgan fingerprint density at radius 3 is 1.93 bits per heavy atom. The van der Waals surface area contributed by atoms with E-state index in [1.165, 1.54) is 0 Å². The number of carbonyl (C=O) groups excluding carboxylic acids is 1. The van der Waals surface area contributed by atoms with E-state index < -0.39 is 0 Å². The highest BCUT2D eigenvalue weighted by molar-refractivity contribution is 9.10. The summed E-state index contributed by atoms with van der Waals surface area (Å²) in [5.41, 5.74) is 3.10. The van der Waals surface area contributed by atoms with Gasteiger partial charge in [0.25, 0.3) is 0 Å². The monoisotopic (exact) mass is 453 g/mol. The Morgan fingerprint density at radius 2 is 1.41 bits per heavy atom. The molecule has 0 aliphatic carbocycles. The molecule has 4 nitrogen and oxygen atoms in total. The number of hydrogen-bond acceptors (Lipinski definition) is 3. The number of methoxy groups -OCH3 is 2. The quantitative estimate of drug-likeness (QED) is 0.502. The van der Waals surface area contributed by atoms with E-state index in [9.17, 15) is 4.79 Å². The minimum absolute atomic E-state index is 0.00982. The summed E-state index contributed by atoms with van der Waals surface area (Å²) in [6.45, 7) is 0. The first-order valence-electron chi connectivity index (χ1n) is 9.42. The van der Waals surface area contributed by atoms with Gasteiger partial charge in [0.15, 0.2) is 11.5 Å². The van der Waals surface area contributed by atoms with Gasteiger partial charge in [0, 0.05) is 10.9 Å². The molecule has 0 unspecified atom stereocenters. The van der Waals surface area contributed by atoms with Crippen molar-refractivity contribution in [1.29, 1.82) is 0 Å². The molecule has 0 aliphatic rings. The standard InChI is InChI=1S/C24H24BrNO3/c1-28-21-15-19(20(25)16-22(21)29-2)13-14-23(27)26-24(17-9-5-3-6-10-17)18-11-7-4-8-12-18/h3-12,15-16,24H,13-14H2,1-2H3,(H,26,27). The number of rotatable bonds is 8. The maximum Gasteiger partial charge on any atom is 0.221 e. The molecule has 0 atom stereocenters. The molecule has 0 radical (unpaired) electrons. The summed E-state index contributed by atoms with van der Waals surface area (Å²) < 4.78 is 11.6. The second kappa shape index (κ2) is 10.1. The summed E-state index contributed by atoms with van der Waals surface area (Å²) in [5.74, 6) is 1.29. The fourth-order valence-electron chi connectivity index (χ4n) is 3.22. The predicted molar refractivity (Wildman–Crippen MR) is 118 cm³/mol. The van der Waals surface area contributed by atoms with Gasteiger partial charge in [-0.3, -0.25) is 4.79 Å². The van der Waals surface area contributed by atoms with Crippen molar-refractivity contribution in [2.45, 2.75) is 18.9 Å². The van der Waals surface area contributed by atoms with Crippen LogP contribution in [0.4, 0.5) is 0 Å². The molecule has 0 bridgehead atoms. The second-order valence-corrected chi connectivity index (χ2v) is 7.47. The van der Waals surface area contributed by atoms with Crippen molar-refractivity contribution in [2.24, 2.45) is 0 Å². The third-order valence-corrected chi connectivity index (χ3v) is 5.48. The molecule has 150 valence electrons. The molecule has 0 spiro atoms. The van der Waals surface area contributed by atoms with Crippen molar-refractivity contribution < 1.29 is 14.3 Å². The predicted octanol–water partition coefficient (Wildman–Crippen LogP) is 5.30. The Morgan fingerprint density at radius 1 is 0.897 bits per heavy atom. The Balaban J connectivity index is 1.73. The summed E-state index contributed by atoms with van der Waals surface area (Å²) in [5, 5.41) is 3.18. The molecular formula is C24H24BrNO3. The molecule has 1 N–H and O–H groups in total. The van der Waals surface area contributed by atoms with Crippen LogP contribution in [0.3, 0.4) is 0 Å². The smallest absolute Gasteiger partial charge is 0.221 e. The van der Waals surface area contributed by atoms with Gasteiger partial charge in [-0.1, -0.05) is 76.6 Å². The highest BCUT2D eigenvalue weighted by atomic mass is 79.9. The normalized spacial score (nSPS) is 10.6. The van der Waals surface area contributed by atoms with Crippen LogP contribution in [0.2, 0.25) is 0 Å². The number of amides is 1. The number of carbonyl (C=O) groups is 1. The van der Waals surface area contributed by atoms with Crippen LogP contribution in [0, 0.1) is 0 Å². The Bertz CT molecular complexity index is 906. The van der Waals surface area contributed by atoms with Crippen LogP contribution in [0.15, 0.2) is 77.3 Å². The van der Waals surface area contributed by atoms with Gasteiger partial charge in [-0.25, -0.2) is 0 Å². The third-order valence-electron chi connectivity index (χ3n) is 4.75. The maximum absolute atomic E-state index is 12.8. The van der Waals surface area contributed by atoms with Crippen LogP contribution in [0.1, 0.15) is 29.2 Å². The van der Waals surface area contributed by atoms with E-state index in [4.69, 9.17) is 9.47 Å². The molecule has 3 aromatic carbocycles. The number of benzene rings is 3. The minimum atomic E-state index is -0.182. The maximum atomic E-state index is 12.8. The molecule has 0 fully saturated rings. The van der Waals surface area contributed by atoms with E-state index >= 15 is 0 Å². The van der Waals surface area contributed by atoms with Crippen molar-refractivity contribution in [3.8, 4) is 11.5 Å². The molecule has 0 saturated carbocycles. The molecule has 0 heterocycles. The van der Waals surface area contributed by atoms with E-state index in [0.717, 1.165) is 21.2 Å². The Labute approximate surface area is 180 Å². The van der Waals surface area contributed by atoms with Crippen molar-refractivity contribution in [3.05, 3.63) is 94.0 Å². The van der Waals surface area contributed by atoms with Gasteiger partial charge < -0.3 is 14.8 Å². The summed E-state index contributed by atoms with van der Waals surface area (Å²) in [4.78, 5) is 12.8. The Kier molecular flexibility index (Phi) is 7.30. The van der Waals surface area contributed by atoms with E-state index in [0.29, 0.717) is 24.3 Å². The van der Waals surface area contributed by atoms with Crippen LogP contribution in [-0.2, 0) is 11.2 Å². The molecule has 3 aromatic rings. The lowest BCUT2D eigenvalue weighted by Crippen LogP contribution is -2.29. The number of halogens is 1. The first kappa shape index (κ1) is 20.9. The topological polar surface area (TPSA) is 47.6 Å². The number of hydrogen-bond donors (Lipinski definition) is 1.